The Labute approximate surface area is 138 Å². The van der Waals surface area contributed by atoms with Crippen LogP contribution in [-0.2, 0) is 15.6 Å². The van der Waals surface area contributed by atoms with Gasteiger partial charge in [-0.25, -0.2) is 8.42 Å². The molecule has 0 atom stereocenters. The van der Waals surface area contributed by atoms with Gasteiger partial charge in [-0.05, 0) is 5.39 Å². The Hall–Kier alpha value is -2.01. The van der Waals surface area contributed by atoms with Crippen LogP contribution in [0.25, 0.3) is 10.8 Å². The molecule has 0 aliphatic rings. The minimum Gasteiger partial charge on any atom is -0.369 e. The van der Waals surface area contributed by atoms with E-state index < -0.39 is 39.2 Å². The van der Waals surface area contributed by atoms with Crippen LogP contribution in [-0.4, -0.2) is 32.1 Å². The normalized spacial score (nSPS) is 13.9. The van der Waals surface area contributed by atoms with Gasteiger partial charge in [0.1, 0.15) is 0 Å². The molecule has 4 nitrogen and oxygen atoms in total. The van der Waals surface area contributed by atoms with Crippen LogP contribution in [0.15, 0.2) is 36.4 Å². The smallest absolute Gasteiger partial charge is 0.369 e. The number of hydrogen-bond donors (Lipinski definition) is 2. The highest BCUT2D eigenvalue weighted by molar-refractivity contribution is 7.92. The molecule has 0 saturated heterocycles. The number of aliphatic hydroxyl groups is 1. The van der Waals surface area contributed by atoms with Gasteiger partial charge < -0.3 is 5.11 Å². The molecule has 0 fully saturated rings. The van der Waals surface area contributed by atoms with Crippen LogP contribution in [0.3, 0.4) is 0 Å². The summed E-state index contributed by atoms with van der Waals surface area (Å²) in [5, 5.41) is 9.57. The molecule has 25 heavy (non-hydrogen) atoms. The van der Waals surface area contributed by atoms with Gasteiger partial charge in [-0.2, -0.15) is 26.3 Å². The Morgan fingerprint density at radius 1 is 0.920 bits per heavy atom. The number of alkyl halides is 6. The highest BCUT2D eigenvalue weighted by Crippen LogP contribution is 2.53. The lowest BCUT2D eigenvalue weighted by molar-refractivity contribution is -0.375. The summed E-state index contributed by atoms with van der Waals surface area (Å²) < 4.78 is 104. The van der Waals surface area contributed by atoms with E-state index >= 15 is 0 Å². The van der Waals surface area contributed by atoms with Crippen molar-refractivity contribution in [3.63, 3.8) is 0 Å². The maximum absolute atomic E-state index is 13.2. The average Bonchev–Trinajstić information content (AvgIpc) is 2.43. The van der Waals surface area contributed by atoms with Crippen LogP contribution in [0.1, 0.15) is 5.56 Å². The van der Waals surface area contributed by atoms with Gasteiger partial charge in [-0.3, -0.25) is 4.72 Å². The third kappa shape index (κ3) is 3.38. The van der Waals surface area contributed by atoms with Gasteiger partial charge in [0.2, 0.25) is 10.0 Å². The summed E-state index contributed by atoms with van der Waals surface area (Å²) in [6, 6.07) is 6.61. The Bertz CT molecular complexity index is 891. The molecule has 0 bridgehead atoms. The number of hydrogen-bond acceptors (Lipinski definition) is 3. The van der Waals surface area contributed by atoms with E-state index in [0.717, 1.165) is 12.1 Å². The Balaban J connectivity index is 2.95. The van der Waals surface area contributed by atoms with E-state index in [1.807, 2.05) is 0 Å². The highest BCUT2D eigenvalue weighted by Gasteiger charge is 2.72. The van der Waals surface area contributed by atoms with Crippen molar-refractivity contribution in [1.29, 1.82) is 0 Å². The van der Waals surface area contributed by atoms with Crippen LogP contribution in [0.5, 0.6) is 0 Å². The number of sulfonamides is 1. The molecule has 2 N–H and O–H groups in total. The lowest BCUT2D eigenvalue weighted by atomic mass is 9.88. The van der Waals surface area contributed by atoms with Crippen molar-refractivity contribution in [3.8, 4) is 0 Å². The minimum atomic E-state index is -6.14. The number of anilines is 1. The van der Waals surface area contributed by atoms with Crippen LogP contribution in [0.4, 0.5) is 32.0 Å². The Morgan fingerprint density at radius 2 is 1.44 bits per heavy atom. The van der Waals surface area contributed by atoms with Crippen LogP contribution in [0, 0.1) is 0 Å². The SMILES string of the molecule is CS(=O)(=O)Nc1c(C(O)(C(F)(F)F)C(F)(F)F)ccc2ccccc12. The fourth-order valence-electron chi connectivity index (χ4n) is 2.33. The topological polar surface area (TPSA) is 66.4 Å². The molecule has 2 rings (SSSR count). The minimum absolute atomic E-state index is 0.184. The molecule has 11 heteroatoms. The third-order valence-corrected chi connectivity index (χ3v) is 4.00. The predicted molar refractivity (Wildman–Crippen MR) is 78.4 cm³/mol. The summed E-state index contributed by atoms with van der Waals surface area (Å²) >= 11 is 0. The number of halogens is 6. The van der Waals surface area contributed by atoms with Crippen LogP contribution >= 0.6 is 0 Å². The predicted octanol–water partition coefficient (Wildman–Crippen LogP) is 3.52. The lowest BCUT2D eigenvalue weighted by Crippen LogP contribution is -2.54. The summed E-state index contributed by atoms with van der Waals surface area (Å²) in [4.78, 5) is 0. The van der Waals surface area contributed by atoms with Gasteiger partial charge >= 0.3 is 12.4 Å². The standard InChI is InChI=1S/C14H11F6NO3S/c1-25(23,24)21-11-9-5-3-2-4-8(9)6-7-10(11)12(22,13(15,16)17)14(18,19)20/h2-7,21-22H,1H3. The molecule has 0 radical (unpaired) electrons. The van der Waals surface area contributed by atoms with Gasteiger partial charge in [0, 0.05) is 10.9 Å². The molecule has 0 aliphatic heterocycles. The monoisotopic (exact) mass is 387 g/mol. The van der Waals surface area contributed by atoms with E-state index in [4.69, 9.17) is 0 Å². The summed E-state index contributed by atoms with van der Waals surface area (Å²) in [5.74, 6) is 0. The lowest BCUT2D eigenvalue weighted by Gasteiger charge is -2.34. The second kappa shape index (κ2) is 5.77. The molecule has 0 heterocycles. The molecule has 2 aromatic carbocycles. The van der Waals surface area contributed by atoms with E-state index in [1.54, 1.807) is 4.72 Å². The first-order valence-corrected chi connectivity index (χ1v) is 8.43. The molecular formula is C14H11F6NO3S. The maximum atomic E-state index is 13.2. The van der Waals surface area contributed by atoms with Gasteiger partial charge in [0.05, 0.1) is 11.9 Å². The zero-order chi connectivity index (χ0) is 19.3. The van der Waals surface area contributed by atoms with Crippen LogP contribution in [0.2, 0.25) is 0 Å². The summed E-state index contributed by atoms with van der Waals surface area (Å²) in [5.41, 5.74) is -7.90. The van der Waals surface area contributed by atoms with Crippen molar-refractivity contribution < 1.29 is 39.9 Å². The molecule has 0 aliphatic carbocycles. The molecule has 0 saturated carbocycles. The van der Waals surface area contributed by atoms with Crippen molar-refractivity contribution in [3.05, 3.63) is 42.0 Å². The molecule has 138 valence electrons. The van der Waals surface area contributed by atoms with Crippen LogP contribution < -0.4 is 4.72 Å². The molecule has 0 spiro atoms. The third-order valence-electron chi connectivity index (χ3n) is 3.43. The summed E-state index contributed by atoms with van der Waals surface area (Å²) in [6.45, 7) is 0. The van der Waals surface area contributed by atoms with Gasteiger partial charge in [-0.15, -0.1) is 0 Å². The largest absolute Gasteiger partial charge is 0.430 e. The Morgan fingerprint density at radius 3 is 1.92 bits per heavy atom. The molecular weight excluding hydrogens is 376 g/mol. The number of rotatable bonds is 3. The van der Waals surface area contributed by atoms with Crippen molar-refractivity contribution in [2.45, 2.75) is 18.0 Å². The first-order chi connectivity index (χ1) is 11.2. The maximum Gasteiger partial charge on any atom is 0.430 e. The van der Waals surface area contributed by atoms with Gasteiger partial charge in [0.25, 0.3) is 5.60 Å². The van der Waals surface area contributed by atoms with Crippen molar-refractivity contribution >= 4 is 26.5 Å². The molecule has 0 unspecified atom stereocenters. The molecule has 2 aromatic rings. The van der Waals surface area contributed by atoms with E-state index in [1.165, 1.54) is 18.2 Å². The van der Waals surface area contributed by atoms with Crippen molar-refractivity contribution in [2.75, 3.05) is 11.0 Å². The van der Waals surface area contributed by atoms with Gasteiger partial charge in [0.15, 0.2) is 0 Å². The molecule has 0 aromatic heterocycles. The summed E-state index contributed by atoms with van der Waals surface area (Å²) in [6.07, 6.45) is -11.7. The Kier molecular flexibility index (Phi) is 4.46. The van der Waals surface area contributed by atoms with Crippen molar-refractivity contribution in [2.24, 2.45) is 0 Å². The van der Waals surface area contributed by atoms with E-state index in [9.17, 15) is 39.9 Å². The molecule has 0 amide bonds. The zero-order valence-corrected chi connectivity index (χ0v) is 13.2. The zero-order valence-electron chi connectivity index (χ0n) is 12.4. The van der Waals surface area contributed by atoms with E-state index in [0.29, 0.717) is 12.3 Å². The van der Waals surface area contributed by atoms with Gasteiger partial charge in [-0.1, -0.05) is 36.4 Å². The average molecular weight is 387 g/mol. The van der Waals surface area contributed by atoms with E-state index in [-0.39, 0.29) is 10.8 Å². The second-order valence-corrected chi connectivity index (χ2v) is 7.04. The number of benzene rings is 2. The first kappa shape index (κ1) is 19.3. The highest BCUT2D eigenvalue weighted by atomic mass is 32.2. The number of fused-ring (bicyclic) bond motifs is 1. The summed E-state index contributed by atoms with van der Waals surface area (Å²) in [7, 11) is -4.24. The number of nitrogens with one attached hydrogen (secondary N) is 1. The second-order valence-electron chi connectivity index (χ2n) is 5.29. The fraction of sp³-hybridized carbons (Fsp3) is 0.286. The fourth-order valence-corrected chi connectivity index (χ4v) is 2.93. The quantitative estimate of drug-likeness (QED) is 0.792. The van der Waals surface area contributed by atoms with E-state index in [2.05, 4.69) is 0 Å². The van der Waals surface area contributed by atoms with Crippen molar-refractivity contribution in [1.82, 2.24) is 0 Å². The first-order valence-electron chi connectivity index (χ1n) is 6.54.